The average molecular weight is 661 g/mol. The summed E-state index contributed by atoms with van der Waals surface area (Å²) in [7, 11) is -4.01. The molecule has 198 valence electrons. The number of hydrogen-bond donors (Lipinski definition) is 3. The highest BCUT2D eigenvalue weighted by molar-refractivity contribution is 9.11. The molecule has 0 aliphatic carbocycles. The Balaban J connectivity index is 1.69. The number of aromatic hydroxyl groups is 1. The van der Waals surface area contributed by atoms with Crippen molar-refractivity contribution in [3.05, 3.63) is 80.5 Å². The summed E-state index contributed by atoms with van der Waals surface area (Å²) in [6.07, 6.45) is -0.205. The average Bonchev–Trinajstić information content (AvgIpc) is 2.83. The highest BCUT2D eigenvalue weighted by atomic mass is 79.9. The van der Waals surface area contributed by atoms with Crippen LogP contribution in [-0.4, -0.2) is 35.0 Å². The number of carbonyl (C=O) groups excluding carboxylic acids is 1. The van der Waals surface area contributed by atoms with Gasteiger partial charge in [-0.2, -0.15) is 0 Å². The first-order valence-corrected chi connectivity index (χ1v) is 14.5. The van der Waals surface area contributed by atoms with Gasteiger partial charge in [0.05, 0.1) is 15.6 Å². The normalized spacial score (nSPS) is 13.5. The van der Waals surface area contributed by atoms with Crippen molar-refractivity contribution in [2.45, 2.75) is 26.3 Å². The van der Waals surface area contributed by atoms with Gasteiger partial charge in [-0.05, 0) is 93.7 Å². The summed E-state index contributed by atoms with van der Waals surface area (Å²) in [6, 6.07) is 12.9. The minimum absolute atomic E-state index is 0.0814. The predicted molar refractivity (Wildman–Crippen MR) is 144 cm³/mol. The Morgan fingerprint density at radius 3 is 2.35 bits per heavy atom. The van der Waals surface area contributed by atoms with Crippen molar-refractivity contribution in [1.29, 1.82) is 0 Å². The fraction of sp³-hybridized carbons (Fsp3) is 0.240. The van der Waals surface area contributed by atoms with Crippen LogP contribution >= 0.6 is 39.4 Å². The lowest BCUT2D eigenvalue weighted by Crippen LogP contribution is -2.34. The molecule has 0 saturated carbocycles. The van der Waals surface area contributed by atoms with Gasteiger partial charge in [-0.15, -0.1) is 0 Å². The van der Waals surface area contributed by atoms with Crippen LogP contribution in [0.15, 0.2) is 63.5 Å². The molecule has 37 heavy (non-hydrogen) atoms. The fourth-order valence-corrected chi connectivity index (χ4v) is 5.66. The van der Waals surface area contributed by atoms with E-state index in [1.807, 2.05) is 0 Å². The Labute approximate surface area is 230 Å². The van der Waals surface area contributed by atoms with E-state index in [1.165, 1.54) is 25.1 Å². The molecule has 0 aliphatic heterocycles. The molecule has 0 bridgehead atoms. The van der Waals surface area contributed by atoms with E-state index in [0.717, 1.165) is 5.56 Å². The topological polar surface area (TPSA) is 114 Å². The molecule has 0 amide bonds. The Hall–Kier alpha value is -2.43. The largest absolute Gasteiger partial charge is 0.508 e. The molecule has 8 nitrogen and oxygen atoms in total. The molecular formula is C25H25Br2FNO7P. The van der Waals surface area contributed by atoms with Gasteiger partial charge in [0, 0.05) is 12.0 Å². The zero-order chi connectivity index (χ0) is 27.2. The molecule has 1 unspecified atom stereocenters. The Kier molecular flexibility index (Phi) is 10.1. The van der Waals surface area contributed by atoms with E-state index in [1.54, 1.807) is 43.3 Å². The van der Waals surface area contributed by atoms with Crippen molar-refractivity contribution in [3.63, 3.8) is 0 Å². The van der Waals surface area contributed by atoms with Crippen molar-refractivity contribution in [2.24, 2.45) is 0 Å². The van der Waals surface area contributed by atoms with Crippen LogP contribution in [0.5, 0.6) is 23.0 Å². The first-order chi connectivity index (χ1) is 17.5. The number of halogens is 3. The number of phenols is 1. The number of ether oxygens (including phenoxy) is 3. The number of phenolic OH excluding ortho intramolecular Hbond substituents is 1. The SMILES string of the molecule is CCOC(=O)[C@H](C)NP(=O)(O)COc1cc(Br)c(Oc2ccc(O)c(Cc3ccc(F)cc3)c2)c(Br)c1. The van der Waals surface area contributed by atoms with Crippen LogP contribution in [0.1, 0.15) is 25.0 Å². The van der Waals surface area contributed by atoms with E-state index in [0.29, 0.717) is 32.4 Å². The van der Waals surface area contributed by atoms with Crippen molar-refractivity contribution >= 4 is 45.3 Å². The highest BCUT2D eigenvalue weighted by Crippen LogP contribution is 2.42. The van der Waals surface area contributed by atoms with Gasteiger partial charge in [-0.3, -0.25) is 9.36 Å². The van der Waals surface area contributed by atoms with Crippen LogP contribution < -0.4 is 14.6 Å². The molecule has 0 saturated heterocycles. The third-order valence-electron chi connectivity index (χ3n) is 4.99. The van der Waals surface area contributed by atoms with Gasteiger partial charge >= 0.3 is 13.5 Å². The second-order valence-corrected chi connectivity index (χ2v) is 11.6. The van der Waals surface area contributed by atoms with E-state index < -0.39 is 25.9 Å². The number of rotatable bonds is 11. The van der Waals surface area contributed by atoms with E-state index in [2.05, 4.69) is 36.9 Å². The zero-order valence-electron chi connectivity index (χ0n) is 19.9. The maximum atomic E-state index is 13.2. The molecule has 0 radical (unpaired) electrons. The highest BCUT2D eigenvalue weighted by Gasteiger charge is 2.26. The van der Waals surface area contributed by atoms with Crippen LogP contribution in [0.4, 0.5) is 4.39 Å². The monoisotopic (exact) mass is 659 g/mol. The maximum absolute atomic E-state index is 13.2. The summed E-state index contributed by atoms with van der Waals surface area (Å²) in [5.74, 6) is 0.232. The molecule has 3 aromatic rings. The van der Waals surface area contributed by atoms with Crippen molar-refractivity contribution in [1.82, 2.24) is 5.09 Å². The van der Waals surface area contributed by atoms with Crippen LogP contribution in [-0.2, 0) is 20.5 Å². The number of nitrogens with one attached hydrogen (secondary N) is 1. The standard InChI is InChI=1S/C25H25Br2FNO7P/c1-3-34-25(31)15(2)29-37(32,33)14-35-20-12-21(26)24(22(27)13-20)36-19-8-9-23(30)17(11-19)10-16-4-6-18(28)7-5-16/h4-9,11-13,15,30H,3,10,14H2,1-2H3,(H2,29,32,33)/t15-/m0/s1. The van der Waals surface area contributed by atoms with Gasteiger partial charge in [0.25, 0.3) is 0 Å². The van der Waals surface area contributed by atoms with Crippen molar-refractivity contribution < 1.29 is 38.0 Å². The second-order valence-electron chi connectivity index (χ2n) is 7.99. The summed E-state index contributed by atoms with van der Waals surface area (Å²) < 4.78 is 42.9. The minimum atomic E-state index is -4.01. The summed E-state index contributed by atoms with van der Waals surface area (Å²) in [5, 5.41) is 12.6. The zero-order valence-corrected chi connectivity index (χ0v) is 24.0. The quantitative estimate of drug-likeness (QED) is 0.158. The summed E-state index contributed by atoms with van der Waals surface area (Å²) in [5.41, 5.74) is 1.42. The third-order valence-corrected chi connectivity index (χ3v) is 7.44. The molecule has 0 fully saturated rings. The Bertz CT molecular complexity index is 1280. The lowest BCUT2D eigenvalue weighted by Gasteiger charge is -2.19. The Morgan fingerprint density at radius 2 is 1.73 bits per heavy atom. The van der Waals surface area contributed by atoms with Crippen LogP contribution in [0.25, 0.3) is 0 Å². The van der Waals surface area contributed by atoms with Gasteiger partial charge in [-0.25, -0.2) is 9.48 Å². The van der Waals surface area contributed by atoms with Gasteiger partial charge in [0.2, 0.25) is 0 Å². The lowest BCUT2D eigenvalue weighted by atomic mass is 10.0. The molecule has 3 N–H and O–H groups in total. The predicted octanol–water partition coefficient (Wildman–Crippen LogP) is 6.50. The number of carbonyl (C=O) groups is 1. The van der Waals surface area contributed by atoms with E-state index in [4.69, 9.17) is 14.2 Å². The first-order valence-electron chi connectivity index (χ1n) is 11.1. The van der Waals surface area contributed by atoms with Gasteiger partial charge in [0.1, 0.15) is 29.1 Å². The van der Waals surface area contributed by atoms with E-state index in [9.17, 15) is 23.7 Å². The Morgan fingerprint density at radius 1 is 1.08 bits per heavy atom. The summed E-state index contributed by atoms with van der Waals surface area (Å²) in [6.45, 7) is 3.23. The summed E-state index contributed by atoms with van der Waals surface area (Å²) >= 11 is 6.84. The second kappa shape index (κ2) is 12.9. The molecule has 0 spiro atoms. The molecule has 3 rings (SSSR count). The van der Waals surface area contributed by atoms with Gasteiger partial charge < -0.3 is 24.2 Å². The number of benzene rings is 3. The van der Waals surface area contributed by atoms with E-state index >= 15 is 0 Å². The number of hydrogen-bond acceptors (Lipinski definition) is 6. The van der Waals surface area contributed by atoms with Crippen LogP contribution in [0.3, 0.4) is 0 Å². The molecule has 0 heterocycles. The van der Waals surface area contributed by atoms with Gasteiger partial charge in [0.15, 0.2) is 12.1 Å². The van der Waals surface area contributed by atoms with Crippen LogP contribution in [0.2, 0.25) is 0 Å². The third kappa shape index (κ3) is 8.55. The molecule has 3 aromatic carbocycles. The first kappa shape index (κ1) is 29.1. The molecular weight excluding hydrogens is 636 g/mol. The molecule has 2 atom stereocenters. The van der Waals surface area contributed by atoms with E-state index in [-0.39, 0.29) is 23.9 Å². The smallest absolute Gasteiger partial charge is 0.323 e. The van der Waals surface area contributed by atoms with Crippen molar-refractivity contribution in [2.75, 3.05) is 13.0 Å². The lowest BCUT2D eigenvalue weighted by molar-refractivity contribution is -0.144. The molecule has 0 aliphatic rings. The molecule has 12 heteroatoms. The maximum Gasteiger partial charge on any atom is 0.323 e. The van der Waals surface area contributed by atoms with Crippen molar-refractivity contribution in [3.8, 4) is 23.0 Å². The minimum Gasteiger partial charge on any atom is -0.508 e. The number of esters is 1. The summed E-state index contributed by atoms with van der Waals surface area (Å²) in [4.78, 5) is 21.8. The molecule has 0 aromatic heterocycles. The van der Waals surface area contributed by atoms with Gasteiger partial charge in [-0.1, -0.05) is 12.1 Å². The van der Waals surface area contributed by atoms with Crippen LogP contribution in [0, 0.1) is 5.82 Å². The fourth-order valence-electron chi connectivity index (χ4n) is 3.25.